The van der Waals surface area contributed by atoms with Crippen molar-refractivity contribution in [3.63, 3.8) is 0 Å². The van der Waals surface area contributed by atoms with Gasteiger partial charge in [0.05, 0.1) is 10.8 Å². The van der Waals surface area contributed by atoms with E-state index in [4.69, 9.17) is 5.11 Å². The predicted octanol–water partition coefficient (Wildman–Crippen LogP) is 1.42. The first-order valence-corrected chi connectivity index (χ1v) is 7.04. The van der Waals surface area contributed by atoms with Gasteiger partial charge in [-0.1, -0.05) is 25.1 Å². The van der Waals surface area contributed by atoms with Crippen molar-refractivity contribution in [2.24, 2.45) is 5.92 Å². The summed E-state index contributed by atoms with van der Waals surface area (Å²) < 4.78 is 25.4. The molecular formula is C12H17NO4S. The number of hydrogen-bond donors (Lipinski definition) is 1. The zero-order chi connectivity index (χ0) is 13.8. The van der Waals surface area contributed by atoms with Gasteiger partial charge in [-0.3, -0.25) is 4.79 Å². The number of sulfonamides is 1. The van der Waals surface area contributed by atoms with Crippen LogP contribution in [-0.4, -0.2) is 37.4 Å². The molecule has 0 heterocycles. The van der Waals surface area contributed by atoms with Gasteiger partial charge in [-0.05, 0) is 18.6 Å². The minimum Gasteiger partial charge on any atom is -0.481 e. The molecule has 0 fully saturated rings. The van der Waals surface area contributed by atoms with Crippen LogP contribution >= 0.6 is 0 Å². The molecule has 0 aromatic heterocycles. The molecule has 100 valence electrons. The van der Waals surface area contributed by atoms with Crippen molar-refractivity contribution < 1.29 is 18.3 Å². The monoisotopic (exact) mass is 271 g/mol. The molecule has 6 heteroatoms. The number of nitrogens with zero attached hydrogens (tertiary/aromatic N) is 1. The van der Waals surface area contributed by atoms with E-state index < -0.39 is 21.9 Å². The Morgan fingerprint density at radius 3 is 2.39 bits per heavy atom. The first-order chi connectivity index (χ1) is 8.35. The van der Waals surface area contributed by atoms with Crippen molar-refractivity contribution >= 4 is 16.0 Å². The Hall–Kier alpha value is -1.40. The number of carboxylic acids is 1. The van der Waals surface area contributed by atoms with Crippen molar-refractivity contribution in [2.75, 3.05) is 13.6 Å². The summed E-state index contributed by atoms with van der Waals surface area (Å²) in [4.78, 5) is 10.9. The molecule has 1 aromatic rings. The molecular weight excluding hydrogens is 254 g/mol. The smallest absolute Gasteiger partial charge is 0.306 e. The third-order valence-electron chi connectivity index (χ3n) is 2.75. The zero-order valence-corrected chi connectivity index (χ0v) is 11.2. The van der Waals surface area contributed by atoms with E-state index in [2.05, 4.69) is 0 Å². The number of carboxylic acid groups (broad SMARTS) is 1. The highest BCUT2D eigenvalue weighted by molar-refractivity contribution is 7.89. The van der Waals surface area contributed by atoms with Crippen LogP contribution in [0, 0.1) is 5.92 Å². The lowest BCUT2D eigenvalue weighted by molar-refractivity contribution is -0.141. The number of carbonyl (C=O) groups is 1. The molecule has 0 saturated carbocycles. The Bertz CT molecular complexity index is 498. The van der Waals surface area contributed by atoms with Gasteiger partial charge in [0.1, 0.15) is 0 Å². The fourth-order valence-corrected chi connectivity index (χ4v) is 2.60. The van der Waals surface area contributed by atoms with E-state index >= 15 is 0 Å². The second kappa shape index (κ2) is 5.97. The second-order valence-corrected chi connectivity index (χ2v) is 6.21. The highest BCUT2D eigenvalue weighted by Gasteiger charge is 2.21. The van der Waals surface area contributed by atoms with Gasteiger partial charge < -0.3 is 5.11 Å². The quantitative estimate of drug-likeness (QED) is 0.849. The molecule has 0 bridgehead atoms. The molecule has 1 unspecified atom stereocenters. The van der Waals surface area contributed by atoms with E-state index in [1.807, 2.05) is 0 Å². The molecule has 5 nitrogen and oxygen atoms in total. The molecule has 1 aromatic carbocycles. The Morgan fingerprint density at radius 2 is 1.89 bits per heavy atom. The van der Waals surface area contributed by atoms with Crippen LogP contribution < -0.4 is 0 Å². The zero-order valence-electron chi connectivity index (χ0n) is 10.4. The maximum Gasteiger partial charge on any atom is 0.306 e. The molecule has 0 aliphatic carbocycles. The summed E-state index contributed by atoms with van der Waals surface area (Å²) in [5, 5.41) is 8.75. The highest BCUT2D eigenvalue weighted by atomic mass is 32.2. The maximum atomic E-state index is 12.1. The van der Waals surface area contributed by atoms with Crippen LogP contribution in [0.5, 0.6) is 0 Å². The molecule has 0 radical (unpaired) electrons. The van der Waals surface area contributed by atoms with E-state index in [-0.39, 0.29) is 17.9 Å². The lowest BCUT2D eigenvalue weighted by atomic mass is 10.1. The molecule has 0 aliphatic rings. The van der Waals surface area contributed by atoms with Crippen LogP contribution in [0.1, 0.15) is 13.3 Å². The van der Waals surface area contributed by atoms with Crippen molar-refractivity contribution in [2.45, 2.75) is 18.2 Å². The lowest BCUT2D eigenvalue weighted by Crippen LogP contribution is -2.29. The Kier molecular flexibility index (Phi) is 4.86. The normalized spacial score (nSPS) is 13.5. The minimum absolute atomic E-state index is 0.185. The fraction of sp³-hybridized carbons (Fsp3) is 0.417. The van der Waals surface area contributed by atoms with E-state index in [1.54, 1.807) is 25.1 Å². The van der Waals surface area contributed by atoms with Gasteiger partial charge in [0.25, 0.3) is 0 Å². The topological polar surface area (TPSA) is 74.7 Å². The summed E-state index contributed by atoms with van der Waals surface area (Å²) in [6, 6.07) is 8.09. The summed E-state index contributed by atoms with van der Waals surface area (Å²) in [7, 11) is -2.06. The van der Waals surface area contributed by atoms with Crippen LogP contribution in [0.15, 0.2) is 35.2 Å². The lowest BCUT2D eigenvalue weighted by Gasteiger charge is -2.18. The fourth-order valence-electron chi connectivity index (χ4n) is 1.39. The minimum atomic E-state index is -3.52. The Balaban J connectivity index is 2.72. The first-order valence-electron chi connectivity index (χ1n) is 5.60. The summed E-state index contributed by atoms with van der Waals surface area (Å²) in [5.41, 5.74) is 0. The molecule has 0 aliphatic heterocycles. The van der Waals surface area contributed by atoms with Crippen LogP contribution in [0.25, 0.3) is 0 Å². The molecule has 0 spiro atoms. The molecule has 1 atom stereocenters. The predicted molar refractivity (Wildman–Crippen MR) is 67.7 cm³/mol. The summed E-state index contributed by atoms with van der Waals surface area (Å²) in [6.07, 6.45) is 0.290. The number of hydrogen-bond acceptors (Lipinski definition) is 3. The van der Waals surface area contributed by atoms with E-state index in [9.17, 15) is 13.2 Å². The van der Waals surface area contributed by atoms with Gasteiger partial charge in [-0.15, -0.1) is 0 Å². The largest absolute Gasteiger partial charge is 0.481 e. The summed E-state index contributed by atoms with van der Waals surface area (Å²) in [5.74, 6) is -1.47. The van der Waals surface area contributed by atoms with Crippen molar-refractivity contribution in [1.29, 1.82) is 0 Å². The Labute approximate surface area is 107 Å². The van der Waals surface area contributed by atoms with Gasteiger partial charge in [-0.25, -0.2) is 12.7 Å². The molecule has 18 heavy (non-hydrogen) atoms. The number of rotatable bonds is 6. The number of aliphatic carboxylic acids is 1. The van der Waals surface area contributed by atoms with Gasteiger partial charge in [0, 0.05) is 13.6 Å². The maximum absolute atomic E-state index is 12.1. The van der Waals surface area contributed by atoms with Crippen molar-refractivity contribution in [3.05, 3.63) is 30.3 Å². The number of benzene rings is 1. The van der Waals surface area contributed by atoms with E-state index in [0.717, 1.165) is 0 Å². The van der Waals surface area contributed by atoms with Gasteiger partial charge in [0.2, 0.25) is 10.0 Å². The van der Waals surface area contributed by atoms with Crippen LogP contribution in [-0.2, 0) is 14.8 Å². The average molecular weight is 271 g/mol. The molecule has 1 N–H and O–H groups in total. The molecule has 1 rings (SSSR count). The van der Waals surface area contributed by atoms with Gasteiger partial charge in [0.15, 0.2) is 0 Å². The SMILES string of the molecule is CC(CCN(C)S(=O)(=O)c1ccccc1)C(=O)O. The van der Waals surface area contributed by atoms with Crippen LogP contribution in [0.4, 0.5) is 0 Å². The van der Waals surface area contributed by atoms with E-state index in [1.165, 1.54) is 23.5 Å². The van der Waals surface area contributed by atoms with Gasteiger partial charge in [-0.2, -0.15) is 0 Å². The second-order valence-electron chi connectivity index (χ2n) is 4.17. The Morgan fingerprint density at radius 1 is 1.33 bits per heavy atom. The average Bonchev–Trinajstić information content (AvgIpc) is 2.36. The highest BCUT2D eigenvalue weighted by Crippen LogP contribution is 2.14. The van der Waals surface area contributed by atoms with Crippen LogP contribution in [0.3, 0.4) is 0 Å². The molecule has 0 saturated heterocycles. The van der Waals surface area contributed by atoms with Crippen molar-refractivity contribution in [3.8, 4) is 0 Å². The van der Waals surface area contributed by atoms with Crippen LogP contribution in [0.2, 0.25) is 0 Å². The summed E-state index contributed by atoms with van der Waals surface area (Å²) >= 11 is 0. The van der Waals surface area contributed by atoms with Gasteiger partial charge >= 0.3 is 5.97 Å². The van der Waals surface area contributed by atoms with Crippen molar-refractivity contribution in [1.82, 2.24) is 4.31 Å². The molecule has 0 amide bonds. The third-order valence-corrected chi connectivity index (χ3v) is 4.62. The summed E-state index contributed by atoms with van der Waals surface area (Å²) in [6.45, 7) is 1.75. The third kappa shape index (κ3) is 3.54. The standard InChI is InChI=1S/C12H17NO4S/c1-10(12(14)15)8-9-13(2)18(16,17)11-6-4-3-5-7-11/h3-7,10H,8-9H2,1-2H3,(H,14,15). The van der Waals surface area contributed by atoms with E-state index in [0.29, 0.717) is 0 Å². The first kappa shape index (κ1) is 14.7.